The number of hydrogen-bond acceptors (Lipinski definition) is 7. The van der Waals surface area contributed by atoms with Crippen LogP contribution >= 0.6 is 11.3 Å². The van der Waals surface area contributed by atoms with Crippen LogP contribution in [0.15, 0.2) is 51.8 Å². The van der Waals surface area contributed by atoms with Gasteiger partial charge >= 0.3 is 0 Å². The van der Waals surface area contributed by atoms with Crippen LogP contribution in [0, 0.1) is 5.95 Å². The fraction of sp³-hybridized carbons (Fsp3) is 0.176. The van der Waals surface area contributed by atoms with Crippen LogP contribution in [0.2, 0.25) is 0 Å². The Hall–Kier alpha value is -2.36. The molecule has 0 bridgehead atoms. The zero-order valence-electron chi connectivity index (χ0n) is 14.1. The van der Waals surface area contributed by atoms with Gasteiger partial charge in [-0.25, -0.2) is 18.4 Å². The van der Waals surface area contributed by atoms with Crippen LogP contribution in [0.3, 0.4) is 0 Å². The average Bonchev–Trinajstić information content (AvgIpc) is 3.07. The van der Waals surface area contributed by atoms with Crippen molar-refractivity contribution in [3.8, 4) is 17.0 Å². The van der Waals surface area contributed by atoms with Gasteiger partial charge in [-0.3, -0.25) is 0 Å². The number of sulfone groups is 1. The van der Waals surface area contributed by atoms with Crippen molar-refractivity contribution in [2.24, 2.45) is 0 Å². The lowest BCUT2D eigenvalue weighted by molar-refractivity contribution is 0.397. The second-order valence-electron chi connectivity index (χ2n) is 5.33. The lowest BCUT2D eigenvalue weighted by atomic mass is 10.1. The predicted molar refractivity (Wildman–Crippen MR) is 96.5 cm³/mol. The Balaban J connectivity index is 2.17. The van der Waals surface area contributed by atoms with Gasteiger partial charge < -0.3 is 10.1 Å². The van der Waals surface area contributed by atoms with Crippen LogP contribution in [0.1, 0.15) is 4.88 Å². The van der Waals surface area contributed by atoms with Crippen molar-refractivity contribution in [3.05, 3.63) is 53.6 Å². The first-order chi connectivity index (χ1) is 12.5. The van der Waals surface area contributed by atoms with Gasteiger partial charge in [-0.2, -0.15) is 4.39 Å². The molecule has 9 heteroatoms. The number of hydrogen-bond donors (Lipinski definition) is 1. The quantitative estimate of drug-likeness (QED) is 0.649. The molecular weight excluding hydrogens is 377 g/mol. The van der Waals surface area contributed by atoms with E-state index in [0.717, 1.165) is 16.2 Å². The molecule has 3 rings (SSSR count). The van der Waals surface area contributed by atoms with Crippen LogP contribution < -0.4 is 10.1 Å². The van der Waals surface area contributed by atoms with Crippen molar-refractivity contribution in [2.75, 3.05) is 14.2 Å². The Labute approximate surface area is 154 Å². The summed E-state index contributed by atoms with van der Waals surface area (Å²) >= 11 is 1.10. The summed E-state index contributed by atoms with van der Waals surface area (Å²) in [4.78, 5) is 8.37. The summed E-state index contributed by atoms with van der Waals surface area (Å²) in [6.07, 6.45) is 2.55. The molecule has 1 N–H and O–H groups in total. The molecule has 0 radical (unpaired) electrons. The molecule has 26 heavy (non-hydrogen) atoms. The molecule has 0 saturated heterocycles. The molecule has 0 fully saturated rings. The van der Waals surface area contributed by atoms with Crippen molar-refractivity contribution in [3.63, 3.8) is 0 Å². The SMILES string of the molecule is CNCc1cc(-c2cccnc2F)c(S(=O)(=O)c2ccc(OC)nc2)s1. The van der Waals surface area contributed by atoms with E-state index in [1.807, 2.05) is 0 Å². The van der Waals surface area contributed by atoms with E-state index in [1.54, 1.807) is 19.2 Å². The highest BCUT2D eigenvalue weighted by atomic mass is 32.2. The van der Waals surface area contributed by atoms with E-state index in [1.165, 1.54) is 37.7 Å². The zero-order chi connectivity index (χ0) is 18.7. The first kappa shape index (κ1) is 18.4. The van der Waals surface area contributed by atoms with Gasteiger partial charge in [0.15, 0.2) is 0 Å². The molecule has 0 aliphatic rings. The van der Waals surface area contributed by atoms with Crippen LogP contribution in [-0.2, 0) is 16.4 Å². The van der Waals surface area contributed by atoms with Crippen LogP contribution in [0.5, 0.6) is 5.88 Å². The highest BCUT2D eigenvalue weighted by molar-refractivity contribution is 7.93. The van der Waals surface area contributed by atoms with Crippen molar-refractivity contribution in [1.82, 2.24) is 15.3 Å². The lowest BCUT2D eigenvalue weighted by Gasteiger charge is -2.07. The van der Waals surface area contributed by atoms with Crippen molar-refractivity contribution in [2.45, 2.75) is 15.6 Å². The highest BCUT2D eigenvalue weighted by Gasteiger charge is 2.27. The first-order valence-electron chi connectivity index (χ1n) is 7.60. The van der Waals surface area contributed by atoms with Gasteiger partial charge in [-0.15, -0.1) is 11.3 Å². The summed E-state index contributed by atoms with van der Waals surface area (Å²) in [5.74, 6) is -0.407. The fourth-order valence-electron chi connectivity index (χ4n) is 2.41. The molecule has 6 nitrogen and oxygen atoms in total. The van der Waals surface area contributed by atoms with E-state index in [9.17, 15) is 12.8 Å². The van der Waals surface area contributed by atoms with Crippen LogP contribution in [0.25, 0.3) is 11.1 Å². The number of rotatable bonds is 6. The Morgan fingerprint density at radius 3 is 2.65 bits per heavy atom. The van der Waals surface area contributed by atoms with Crippen LogP contribution in [-0.4, -0.2) is 32.5 Å². The van der Waals surface area contributed by atoms with Crippen molar-refractivity contribution >= 4 is 21.2 Å². The minimum Gasteiger partial charge on any atom is -0.481 e. The molecule has 0 atom stereocenters. The third kappa shape index (κ3) is 3.46. The van der Waals surface area contributed by atoms with Gasteiger partial charge in [0.2, 0.25) is 21.7 Å². The van der Waals surface area contributed by atoms with E-state index in [-0.39, 0.29) is 14.7 Å². The molecule has 0 unspecified atom stereocenters. The third-order valence-electron chi connectivity index (χ3n) is 3.62. The molecule has 0 spiro atoms. The molecular formula is C17H16FN3O3S2. The van der Waals surface area contributed by atoms with E-state index in [4.69, 9.17) is 4.74 Å². The molecule has 0 aromatic carbocycles. The van der Waals surface area contributed by atoms with Crippen molar-refractivity contribution in [1.29, 1.82) is 0 Å². The van der Waals surface area contributed by atoms with E-state index < -0.39 is 15.8 Å². The minimum absolute atomic E-state index is 0.0155. The standard InChI is InChI=1S/C17H16FN3O3S2/c1-19-9-11-8-14(13-4-3-7-20-16(13)18)17(25-11)26(22,23)12-5-6-15(24-2)21-10-12/h3-8,10,19H,9H2,1-2H3. The van der Waals surface area contributed by atoms with E-state index in [0.29, 0.717) is 18.0 Å². The van der Waals surface area contributed by atoms with Gasteiger partial charge in [-0.1, -0.05) is 0 Å². The smallest absolute Gasteiger partial charge is 0.220 e. The number of methoxy groups -OCH3 is 1. The maximum absolute atomic E-state index is 14.2. The largest absolute Gasteiger partial charge is 0.481 e. The second-order valence-corrected chi connectivity index (χ2v) is 8.61. The summed E-state index contributed by atoms with van der Waals surface area (Å²) in [6.45, 7) is 0.468. The normalized spacial score (nSPS) is 11.5. The number of nitrogens with zero attached hydrogens (tertiary/aromatic N) is 2. The number of pyridine rings is 2. The number of aromatic nitrogens is 2. The van der Waals surface area contributed by atoms with Gasteiger partial charge in [0.25, 0.3) is 0 Å². The number of halogens is 1. The summed E-state index contributed by atoms with van der Waals surface area (Å²) in [7, 11) is -0.676. The van der Waals surface area contributed by atoms with Gasteiger partial charge in [0, 0.05) is 41.0 Å². The molecule has 0 saturated carbocycles. The van der Waals surface area contributed by atoms with E-state index in [2.05, 4.69) is 15.3 Å². The van der Waals surface area contributed by atoms with Crippen LogP contribution in [0.4, 0.5) is 4.39 Å². The predicted octanol–water partition coefficient (Wildman–Crippen LogP) is 2.91. The average molecular weight is 393 g/mol. The Morgan fingerprint density at radius 1 is 1.23 bits per heavy atom. The molecule has 0 aliphatic carbocycles. The molecule has 3 aromatic heterocycles. The Morgan fingerprint density at radius 2 is 2.04 bits per heavy atom. The third-order valence-corrected chi connectivity index (χ3v) is 7.03. The molecule has 3 aromatic rings. The topological polar surface area (TPSA) is 81.2 Å². The Bertz CT molecular complexity index is 1020. The fourth-order valence-corrected chi connectivity index (χ4v) is 5.48. The monoisotopic (exact) mass is 393 g/mol. The zero-order valence-corrected chi connectivity index (χ0v) is 15.7. The van der Waals surface area contributed by atoms with Gasteiger partial charge in [0.1, 0.15) is 4.21 Å². The van der Waals surface area contributed by atoms with Gasteiger partial charge in [0.05, 0.1) is 12.0 Å². The highest BCUT2D eigenvalue weighted by Crippen LogP contribution is 2.39. The first-order valence-corrected chi connectivity index (χ1v) is 9.90. The molecule has 0 aliphatic heterocycles. The van der Waals surface area contributed by atoms with Gasteiger partial charge in [-0.05, 0) is 31.3 Å². The number of thiophene rings is 1. The summed E-state index contributed by atoms with van der Waals surface area (Å²) < 4.78 is 45.5. The Kier molecular flexibility index (Phi) is 5.30. The van der Waals surface area contributed by atoms with Crippen molar-refractivity contribution < 1.29 is 17.5 Å². The molecule has 0 amide bonds. The number of ether oxygens (including phenoxy) is 1. The maximum atomic E-state index is 14.2. The molecule has 136 valence electrons. The summed E-state index contributed by atoms with van der Waals surface area (Å²) in [5.41, 5.74) is 0.438. The second kappa shape index (κ2) is 7.48. The summed E-state index contributed by atoms with van der Waals surface area (Å²) in [6, 6.07) is 7.64. The molecule has 3 heterocycles. The maximum Gasteiger partial charge on any atom is 0.220 e. The summed E-state index contributed by atoms with van der Waals surface area (Å²) in [5, 5.41) is 2.97. The minimum atomic E-state index is -3.88. The number of nitrogens with one attached hydrogen (secondary N) is 1. The lowest BCUT2D eigenvalue weighted by Crippen LogP contribution is -2.03. The van der Waals surface area contributed by atoms with E-state index >= 15 is 0 Å².